The number of carbonyl (C=O) groups is 1. The highest BCUT2D eigenvalue weighted by Crippen LogP contribution is 2.20. The number of nitro groups is 1. The molecular formula is C12H13NO6. The highest BCUT2D eigenvalue weighted by atomic mass is 16.7. The minimum Gasteiger partial charge on any atom is -0.428 e. The van der Waals surface area contributed by atoms with E-state index in [2.05, 4.69) is 0 Å². The molecular weight excluding hydrogens is 254 g/mol. The molecule has 0 bridgehead atoms. The predicted molar refractivity (Wildman–Crippen MR) is 64.0 cm³/mol. The number of ether oxygens (including phenoxy) is 3. The Bertz CT molecular complexity index is 472. The van der Waals surface area contributed by atoms with Crippen LogP contribution in [0.15, 0.2) is 24.3 Å². The molecule has 0 aliphatic carbocycles. The van der Waals surface area contributed by atoms with Gasteiger partial charge in [0.25, 0.3) is 5.69 Å². The third-order valence-corrected chi connectivity index (χ3v) is 2.79. The predicted octanol–water partition coefficient (Wildman–Crippen LogP) is 2.15. The first-order chi connectivity index (χ1) is 9.06. The maximum Gasteiger partial charge on any atom is 0.514 e. The average Bonchev–Trinajstić information content (AvgIpc) is 2.75. The Kier molecular flexibility index (Phi) is 3.96. The maximum atomic E-state index is 11.5. The normalized spacial score (nSPS) is 21.9. The first-order valence-electron chi connectivity index (χ1n) is 5.77. The van der Waals surface area contributed by atoms with E-state index >= 15 is 0 Å². The lowest BCUT2D eigenvalue weighted by Crippen LogP contribution is -2.25. The van der Waals surface area contributed by atoms with E-state index in [4.69, 9.17) is 14.2 Å². The first-order valence-corrected chi connectivity index (χ1v) is 5.77. The minimum atomic E-state index is -0.837. The summed E-state index contributed by atoms with van der Waals surface area (Å²) in [6.07, 6.45) is -1.15. The summed E-state index contributed by atoms with van der Waals surface area (Å²) >= 11 is 0. The molecule has 1 aliphatic heterocycles. The van der Waals surface area contributed by atoms with Crippen molar-refractivity contribution in [3.05, 3.63) is 34.4 Å². The number of hydrogen-bond donors (Lipinski definition) is 0. The van der Waals surface area contributed by atoms with E-state index in [0.29, 0.717) is 13.2 Å². The molecule has 0 saturated carbocycles. The fourth-order valence-electron chi connectivity index (χ4n) is 1.67. The molecule has 0 spiro atoms. The second kappa shape index (κ2) is 5.66. The van der Waals surface area contributed by atoms with Crippen LogP contribution in [0.3, 0.4) is 0 Å². The molecule has 1 aliphatic rings. The zero-order chi connectivity index (χ0) is 13.8. The van der Waals surface area contributed by atoms with Crippen molar-refractivity contribution >= 4 is 11.8 Å². The first kappa shape index (κ1) is 13.3. The molecule has 7 heteroatoms. The second-order valence-corrected chi connectivity index (χ2v) is 4.27. The van der Waals surface area contributed by atoms with Crippen molar-refractivity contribution in [1.29, 1.82) is 0 Å². The number of rotatable bonds is 3. The number of nitro benzene ring substituents is 1. The Labute approximate surface area is 109 Å². The molecule has 2 atom stereocenters. The molecule has 19 heavy (non-hydrogen) atoms. The standard InChI is InChI=1S/C12H13NO6/c1-8-6-17-7-11(8)19-12(14)18-10-4-2-9(3-5-10)13(15)16/h2-5,8,11H,6-7H2,1H3/t8-,11-/m1/s1. The Morgan fingerprint density at radius 2 is 2.05 bits per heavy atom. The van der Waals surface area contributed by atoms with Gasteiger partial charge in [-0.25, -0.2) is 4.79 Å². The largest absolute Gasteiger partial charge is 0.514 e. The highest BCUT2D eigenvalue weighted by Gasteiger charge is 2.28. The van der Waals surface area contributed by atoms with Crippen molar-refractivity contribution in [2.24, 2.45) is 5.92 Å². The van der Waals surface area contributed by atoms with Gasteiger partial charge in [0.15, 0.2) is 0 Å². The number of hydrogen-bond acceptors (Lipinski definition) is 6. The zero-order valence-corrected chi connectivity index (χ0v) is 10.3. The molecule has 0 N–H and O–H groups in total. The summed E-state index contributed by atoms with van der Waals surface area (Å²) < 4.78 is 15.2. The highest BCUT2D eigenvalue weighted by molar-refractivity contribution is 5.64. The molecule has 0 unspecified atom stereocenters. The Balaban J connectivity index is 1.89. The molecule has 0 radical (unpaired) electrons. The molecule has 1 saturated heterocycles. The van der Waals surface area contributed by atoms with Crippen LogP contribution in [0.25, 0.3) is 0 Å². The molecule has 1 fully saturated rings. The van der Waals surface area contributed by atoms with Crippen molar-refractivity contribution in [1.82, 2.24) is 0 Å². The number of nitrogens with zero attached hydrogens (tertiary/aromatic N) is 1. The fraction of sp³-hybridized carbons (Fsp3) is 0.417. The third kappa shape index (κ3) is 3.41. The molecule has 0 aromatic heterocycles. The summed E-state index contributed by atoms with van der Waals surface area (Å²) in [5.41, 5.74) is -0.0708. The van der Waals surface area contributed by atoms with Gasteiger partial charge in [-0.2, -0.15) is 0 Å². The van der Waals surface area contributed by atoms with Crippen LogP contribution < -0.4 is 4.74 Å². The maximum absolute atomic E-state index is 11.5. The van der Waals surface area contributed by atoms with Crippen LogP contribution in [-0.2, 0) is 9.47 Å². The number of carbonyl (C=O) groups excluding carboxylic acids is 1. The van der Waals surface area contributed by atoms with E-state index in [1.54, 1.807) is 0 Å². The fourth-order valence-corrected chi connectivity index (χ4v) is 1.67. The van der Waals surface area contributed by atoms with Crippen LogP contribution >= 0.6 is 0 Å². The van der Waals surface area contributed by atoms with Crippen molar-refractivity contribution in [2.45, 2.75) is 13.0 Å². The van der Waals surface area contributed by atoms with Crippen LogP contribution in [0.5, 0.6) is 5.75 Å². The van der Waals surface area contributed by atoms with E-state index in [9.17, 15) is 14.9 Å². The molecule has 1 aromatic rings. The molecule has 2 rings (SSSR count). The third-order valence-electron chi connectivity index (χ3n) is 2.79. The minimum absolute atomic E-state index is 0.0708. The van der Waals surface area contributed by atoms with Crippen molar-refractivity contribution in [2.75, 3.05) is 13.2 Å². The quantitative estimate of drug-likeness (QED) is 0.361. The van der Waals surface area contributed by atoms with Crippen molar-refractivity contribution in [3.63, 3.8) is 0 Å². The monoisotopic (exact) mass is 267 g/mol. The van der Waals surface area contributed by atoms with Crippen molar-refractivity contribution in [3.8, 4) is 5.75 Å². The summed E-state index contributed by atoms with van der Waals surface area (Å²) in [5.74, 6) is 0.326. The number of non-ortho nitro benzene ring substituents is 1. The van der Waals surface area contributed by atoms with Gasteiger partial charge in [-0.05, 0) is 12.1 Å². The average molecular weight is 267 g/mol. The lowest BCUT2D eigenvalue weighted by molar-refractivity contribution is -0.384. The van der Waals surface area contributed by atoms with Gasteiger partial charge >= 0.3 is 6.16 Å². The van der Waals surface area contributed by atoms with Crippen LogP contribution in [0, 0.1) is 16.0 Å². The van der Waals surface area contributed by atoms with Gasteiger partial charge in [0.2, 0.25) is 0 Å². The van der Waals surface area contributed by atoms with Gasteiger partial charge in [-0.1, -0.05) is 6.92 Å². The smallest absolute Gasteiger partial charge is 0.428 e. The van der Waals surface area contributed by atoms with Crippen LogP contribution in [0.4, 0.5) is 10.5 Å². The summed E-state index contributed by atoms with van der Waals surface area (Å²) in [5, 5.41) is 10.5. The van der Waals surface area contributed by atoms with Gasteiger partial charge in [0.1, 0.15) is 11.9 Å². The summed E-state index contributed by atoms with van der Waals surface area (Å²) in [4.78, 5) is 21.4. The topological polar surface area (TPSA) is 87.9 Å². The van der Waals surface area contributed by atoms with Crippen molar-refractivity contribution < 1.29 is 23.9 Å². The van der Waals surface area contributed by atoms with E-state index in [1.165, 1.54) is 24.3 Å². The molecule has 0 amide bonds. The number of benzene rings is 1. The molecule has 1 heterocycles. The SMILES string of the molecule is C[C@@H]1COC[C@H]1OC(=O)Oc1ccc([N+](=O)[O-])cc1. The molecule has 7 nitrogen and oxygen atoms in total. The van der Waals surface area contributed by atoms with E-state index in [1.807, 2.05) is 6.92 Å². The van der Waals surface area contributed by atoms with Gasteiger partial charge < -0.3 is 14.2 Å². The molecule has 1 aromatic carbocycles. The summed E-state index contributed by atoms with van der Waals surface area (Å²) in [7, 11) is 0. The van der Waals surface area contributed by atoms with E-state index < -0.39 is 11.1 Å². The Morgan fingerprint density at radius 1 is 1.37 bits per heavy atom. The van der Waals surface area contributed by atoms with Crippen LogP contribution in [0.2, 0.25) is 0 Å². The zero-order valence-electron chi connectivity index (χ0n) is 10.3. The Morgan fingerprint density at radius 3 is 2.58 bits per heavy atom. The summed E-state index contributed by atoms with van der Waals surface area (Å²) in [6.45, 7) is 2.82. The van der Waals surface area contributed by atoms with Gasteiger partial charge in [-0.15, -0.1) is 0 Å². The lowest BCUT2D eigenvalue weighted by atomic mass is 10.1. The van der Waals surface area contributed by atoms with Crippen LogP contribution in [0.1, 0.15) is 6.92 Å². The van der Waals surface area contributed by atoms with Gasteiger partial charge in [0, 0.05) is 18.1 Å². The lowest BCUT2D eigenvalue weighted by Gasteiger charge is -2.13. The van der Waals surface area contributed by atoms with Gasteiger partial charge in [-0.3, -0.25) is 10.1 Å². The second-order valence-electron chi connectivity index (χ2n) is 4.27. The van der Waals surface area contributed by atoms with E-state index in [0.717, 1.165) is 0 Å². The van der Waals surface area contributed by atoms with Gasteiger partial charge in [0.05, 0.1) is 18.1 Å². The Hall–Kier alpha value is -2.15. The molecule has 102 valence electrons. The van der Waals surface area contributed by atoms with E-state index in [-0.39, 0.29) is 23.5 Å². The van der Waals surface area contributed by atoms with Crippen LogP contribution in [-0.4, -0.2) is 30.4 Å². The summed E-state index contributed by atoms with van der Waals surface area (Å²) in [6, 6.07) is 5.19.